The van der Waals surface area contributed by atoms with Crippen molar-refractivity contribution in [2.75, 3.05) is 0 Å². The van der Waals surface area contributed by atoms with E-state index in [0.29, 0.717) is 5.92 Å². The highest BCUT2D eigenvalue weighted by Crippen LogP contribution is 2.29. The van der Waals surface area contributed by atoms with Crippen molar-refractivity contribution in [1.82, 2.24) is 9.97 Å². The topological polar surface area (TPSA) is 74.7 Å². The number of imidazole rings is 1. The van der Waals surface area contributed by atoms with Gasteiger partial charge in [0.05, 0.1) is 11.0 Å². The van der Waals surface area contributed by atoms with E-state index in [4.69, 9.17) is 5.73 Å². The summed E-state index contributed by atoms with van der Waals surface area (Å²) in [4.78, 5) is 16.6. The monoisotopic (exact) mass is 283 g/mol. The molecule has 0 saturated carbocycles. The van der Waals surface area contributed by atoms with Gasteiger partial charge in [0.25, 0.3) is 0 Å². The fourth-order valence-corrected chi connectivity index (χ4v) is 2.29. The van der Waals surface area contributed by atoms with Crippen molar-refractivity contribution < 1.29 is 0 Å². The van der Waals surface area contributed by atoms with Gasteiger partial charge in [-0.1, -0.05) is 29.8 Å². The number of fused-ring (bicyclic) bond motifs is 1. The minimum Gasteiger partial charge on any atom is -0.324 e. The molecule has 0 aliphatic carbocycles. The molecule has 0 aliphatic rings. The number of halogens is 1. The van der Waals surface area contributed by atoms with Crippen LogP contribution in [0.25, 0.3) is 11.0 Å². The molecule has 0 saturated heterocycles. The van der Waals surface area contributed by atoms with Crippen LogP contribution in [0, 0.1) is 5.92 Å². The molecule has 5 heteroatoms. The van der Waals surface area contributed by atoms with Gasteiger partial charge in [0.15, 0.2) is 0 Å². The molecule has 0 amide bonds. The van der Waals surface area contributed by atoms with E-state index in [-0.39, 0.29) is 11.7 Å². The van der Waals surface area contributed by atoms with Gasteiger partial charge < -0.3 is 15.7 Å². The molecule has 86 valence electrons. The first-order chi connectivity index (χ1) is 7.49. The molecular formula is C11H14BrN3O. The van der Waals surface area contributed by atoms with Gasteiger partial charge in [-0.05, 0) is 23.6 Å². The largest absolute Gasteiger partial charge is 0.324 e. The number of nitrogens with one attached hydrogen (secondary N) is 2. The van der Waals surface area contributed by atoms with E-state index in [1.807, 2.05) is 12.1 Å². The number of hydrogen-bond acceptors (Lipinski definition) is 2. The molecule has 1 atom stereocenters. The second kappa shape index (κ2) is 4.07. The Morgan fingerprint density at radius 3 is 2.38 bits per heavy atom. The molecule has 0 aliphatic heterocycles. The number of benzene rings is 1. The number of nitrogens with two attached hydrogens (primary N) is 1. The number of hydrogen-bond donors (Lipinski definition) is 3. The molecule has 1 heterocycles. The molecule has 1 aromatic carbocycles. The molecule has 0 bridgehead atoms. The van der Waals surface area contributed by atoms with E-state index < -0.39 is 0 Å². The van der Waals surface area contributed by atoms with Gasteiger partial charge in [-0.25, -0.2) is 4.79 Å². The van der Waals surface area contributed by atoms with Crippen LogP contribution in [-0.2, 0) is 0 Å². The van der Waals surface area contributed by atoms with Crippen LogP contribution in [0.1, 0.15) is 25.5 Å². The normalized spacial score (nSPS) is 13.6. The average molecular weight is 284 g/mol. The molecule has 2 rings (SSSR count). The minimum absolute atomic E-state index is 0.0443. The Bertz CT molecular complexity index is 570. The van der Waals surface area contributed by atoms with Crippen molar-refractivity contribution in [2.24, 2.45) is 11.7 Å². The van der Waals surface area contributed by atoms with Crippen molar-refractivity contribution in [2.45, 2.75) is 19.9 Å². The van der Waals surface area contributed by atoms with Gasteiger partial charge in [-0.3, -0.25) is 0 Å². The fraction of sp³-hybridized carbons (Fsp3) is 0.364. The zero-order valence-corrected chi connectivity index (χ0v) is 10.8. The average Bonchev–Trinajstić information content (AvgIpc) is 2.54. The second-order valence-electron chi connectivity index (χ2n) is 4.27. The zero-order valence-electron chi connectivity index (χ0n) is 9.17. The van der Waals surface area contributed by atoms with Gasteiger partial charge >= 0.3 is 5.69 Å². The molecule has 0 radical (unpaired) electrons. The van der Waals surface area contributed by atoms with E-state index in [2.05, 4.69) is 39.7 Å². The van der Waals surface area contributed by atoms with Crippen LogP contribution in [-0.4, -0.2) is 9.97 Å². The van der Waals surface area contributed by atoms with Crippen molar-refractivity contribution in [3.8, 4) is 0 Å². The van der Waals surface area contributed by atoms with Crippen LogP contribution in [0.4, 0.5) is 0 Å². The van der Waals surface area contributed by atoms with E-state index in [0.717, 1.165) is 21.1 Å². The van der Waals surface area contributed by atoms with Gasteiger partial charge in [0.2, 0.25) is 0 Å². The summed E-state index contributed by atoms with van der Waals surface area (Å²) in [5.41, 5.74) is 8.50. The molecule has 4 N–H and O–H groups in total. The van der Waals surface area contributed by atoms with Crippen LogP contribution in [0.3, 0.4) is 0 Å². The molecule has 16 heavy (non-hydrogen) atoms. The maximum Gasteiger partial charge on any atom is 0.323 e. The third-order valence-electron chi connectivity index (χ3n) is 2.71. The highest BCUT2D eigenvalue weighted by molar-refractivity contribution is 9.10. The maximum absolute atomic E-state index is 11.2. The molecule has 2 aromatic rings. The lowest BCUT2D eigenvalue weighted by Crippen LogP contribution is -2.17. The molecular weight excluding hydrogens is 270 g/mol. The summed E-state index contributed by atoms with van der Waals surface area (Å²) < 4.78 is 0.927. The predicted octanol–water partition coefficient (Wildman–Crippen LogP) is 2.27. The van der Waals surface area contributed by atoms with Gasteiger partial charge in [0, 0.05) is 10.5 Å². The quantitative estimate of drug-likeness (QED) is 0.791. The predicted molar refractivity (Wildman–Crippen MR) is 68.4 cm³/mol. The fourth-order valence-electron chi connectivity index (χ4n) is 1.69. The van der Waals surface area contributed by atoms with Crippen LogP contribution in [0.5, 0.6) is 0 Å². The Hall–Kier alpha value is -1.07. The maximum atomic E-state index is 11.2. The van der Waals surface area contributed by atoms with Crippen molar-refractivity contribution in [3.05, 3.63) is 32.7 Å². The number of rotatable bonds is 2. The molecule has 0 fully saturated rings. The smallest absolute Gasteiger partial charge is 0.323 e. The van der Waals surface area contributed by atoms with Crippen LogP contribution in [0.15, 0.2) is 21.4 Å². The summed E-state index contributed by atoms with van der Waals surface area (Å²) in [5, 5.41) is 0. The van der Waals surface area contributed by atoms with Crippen LogP contribution >= 0.6 is 15.9 Å². The third kappa shape index (κ3) is 1.92. The summed E-state index contributed by atoms with van der Waals surface area (Å²) in [6, 6.07) is 3.75. The summed E-state index contributed by atoms with van der Waals surface area (Å²) in [5.74, 6) is 0.347. The van der Waals surface area contributed by atoms with E-state index in [9.17, 15) is 4.79 Å². The Kier molecular flexibility index (Phi) is 2.90. The Labute approximate surface area is 101 Å². The van der Waals surface area contributed by atoms with Crippen molar-refractivity contribution in [3.63, 3.8) is 0 Å². The third-order valence-corrected chi connectivity index (χ3v) is 3.40. The van der Waals surface area contributed by atoms with Gasteiger partial charge in [-0.15, -0.1) is 0 Å². The minimum atomic E-state index is -0.197. The second-order valence-corrected chi connectivity index (χ2v) is 5.12. The van der Waals surface area contributed by atoms with Crippen LogP contribution < -0.4 is 11.4 Å². The first-order valence-electron chi connectivity index (χ1n) is 5.16. The summed E-state index contributed by atoms with van der Waals surface area (Å²) in [7, 11) is 0. The lowest BCUT2D eigenvalue weighted by atomic mass is 9.97. The first-order valence-corrected chi connectivity index (χ1v) is 5.95. The summed E-state index contributed by atoms with van der Waals surface area (Å²) >= 11 is 3.48. The van der Waals surface area contributed by atoms with Crippen molar-refractivity contribution in [1.29, 1.82) is 0 Å². The summed E-state index contributed by atoms with van der Waals surface area (Å²) in [6.07, 6.45) is 0. The number of aromatic nitrogens is 2. The Balaban J connectivity index is 2.61. The van der Waals surface area contributed by atoms with Gasteiger partial charge in [0.1, 0.15) is 0 Å². The number of H-pyrrole nitrogens is 2. The van der Waals surface area contributed by atoms with Crippen LogP contribution in [0.2, 0.25) is 0 Å². The highest BCUT2D eigenvalue weighted by Gasteiger charge is 2.15. The molecule has 1 aromatic heterocycles. The van der Waals surface area contributed by atoms with E-state index >= 15 is 0 Å². The SMILES string of the molecule is CC(C)C(N)c1cc2[nH]c(=O)[nH]c2cc1Br. The lowest BCUT2D eigenvalue weighted by Gasteiger charge is -2.17. The van der Waals surface area contributed by atoms with E-state index in [1.54, 1.807) is 0 Å². The summed E-state index contributed by atoms with van der Waals surface area (Å²) in [6.45, 7) is 4.14. The Morgan fingerprint density at radius 2 is 1.81 bits per heavy atom. The molecule has 1 unspecified atom stereocenters. The standard InChI is InChI=1S/C11H14BrN3O/c1-5(2)10(13)6-3-8-9(4-7(6)12)15-11(16)14-8/h3-5,10H,13H2,1-2H3,(H2,14,15,16). The number of aromatic amines is 2. The van der Waals surface area contributed by atoms with Crippen molar-refractivity contribution >= 4 is 27.0 Å². The lowest BCUT2D eigenvalue weighted by molar-refractivity contribution is 0.513. The first kappa shape index (κ1) is 11.4. The zero-order chi connectivity index (χ0) is 11.9. The molecule has 0 spiro atoms. The highest BCUT2D eigenvalue weighted by atomic mass is 79.9. The van der Waals surface area contributed by atoms with E-state index in [1.165, 1.54) is 0 Å². The Morgan fingerprint density at radius 1 is 1.25 bits per heavy atom. The van der Waals surface area contributed by atoms with Gasteiger partial charge in [-0.2, -0.15) is 0 Å². The molecule has 4 nitrogen and oxygen atoms in total.